The molecular formula is C20H25NO2. The lowest BCUT2D eigenvalue weighted by Gasteiger charge is -2.23. The minimum atomic E-state index is -0.415. The maximum absolute atomic E-state index is 12.4. The van der Waals surface area contributed by atoms with Gasteiger partial charge in [0.25, 0.3) is 0 Å². The number of amides is 1. The first-order valence-electron chi connectivity index (χ1n) is 7.96. The first kappa shape index (κ1) is 17.1. The molecule has 0 aromatic heterocycles. The van der Waals surface area contributed by atoms with Crippen molar-refractivity contribution in [2.24, 2.45) is 5.41 Å². The van der Waals surface area contributed by atoms with Gasteiger partial charge in [-0.3, -0.25) is 4.79 Å². The number of hydrogen-bond donors (Lipinski definition) is 1. The molecule has 0 unspecified atom stereocenters. The molecule has 3 nitrogen and oxygen atoms in total. The second-order valence-electron chi connectivity index (χ2n) is 6.40. The molecule has 0 spiro atoms. The predicted octanol–water partition coefficient (Wildman–Crippen LogP) is 3.62. The van der Waals surface area contributed by atoms with Crippen LogP contribution in [0.2, 0.25) is 0 Å². The van der Waals surface area contributed by atoms with E-state index in [-0.39, 0.29) is 5.91 Å². The van der Waals surface area contributed by atoms with Crippen LogP contribution in [0.4, 0.5) is 0 Å². The number of ether oxygens (including phenoxy) is 1. The fourth-order valence-electron chi connectivity index (χ4n) is 2.54. The third-order valence-electron chi connectivity index (χ3n) is 3.96. The molecule has 1 amide bonds. The quantitative estimate of drug-likeness (QED) is 0.848. The van der Waals surface area contributed by atoms with Gasteiger partial charge in [0.2, 0.25) is 5.91 Å². The first-order chi connectivity index (χ1) is 11.0. The van der Waals surface area contributed by atoms with E-state index in [2.05, 4.69) is 17.4 Å². The Labute approximate surface area is 138 Å². The molecule has 0 saturated carbocycles. The average molecular weight is 311 g/mol. The molecule has 122 valence electrons. The van der Waals surface area contributed by atoms with Crippen molar-refractivity contribution in [2.75, 3.05) is 13.7 Å². The van der Waals surface area contributed by atoms with E-state index in [1.807, 2.05) is 56.3 Å². The Hall–Kier alpha value is -2.29. The standard InChI is InChI=1S/C20H25NO2/c1-20(2,15-17-7-5-4-6-8-17)19(22)21-14-13-16-9-11-18(23-3)12-10-16/h4-12H,13-15H2,1-3H3,(H,21,22). The van der Waals surface area contributed by atoms with Gasteiger partial charge >= 0.3 is 0 Å². The number of benzene rings is 2. The Kier molecular flexibility index (Phi) is 5.80. The molecule has 0 saturated heterocycles. The Balaban J connectivity index is 1.83. The zero-order valence-corrected chi connectivity index (χ0v) is 14.1. The zero-order valence-electron chi connectivity index (χ0n) is 14.1. The van der Waals surface area contributed by atoms with Crippen LogP contribution in [-0.2, 0) is 17.6 Å². The highest BCUT2D eigenvalue weighted by molar-refractivity contribution is 5.82. The molecule has 2 aromatic carbocycles. The van der Waals surface area contributed by atoms with E-state index < -0.39 is 5.41 Å². The molecule has 2 aromatic rings. The number of carbonyl (C=O) groups excluding carboxylic acids is 1. The van der Waals surface area contributed by atoms with E-state index in [1.54, 1.807) is 7.11 Å². The molecule has 0 atom stereocenters. The summed E-state index contributed by atoms with van der Waals surface area (Å²) >= 11 is 0. The lowest BCUT2D eigenvalue weighted by molar-refractivity contribution is -0.129. The summed E-state index contributed by atoms with van der Waals surface area (Å²) in [5.74, 6) is 0.941. The second-order valence-corrected chi connectivity index (χ2v) is 6.40. The van der Waals surface area contributed by atoms with Crippen molar-refractivity contribution >= 4 is 5.91 Å². The summed E-state index contributed by atoms with van der Waals surface area (Å²) in [7, 11) is 1.66. The highest BCUT2D eigenvalue weighted by Crippen LogP contribution is 2.22. The maximum atomic E-state index is 12.4. The summed E-state index contributed by atoms with van der Waals surface area (Å²) in [6.45, 7) is 4.62. The second kappa shape index (κ2) is 7.82. The van der Waals surface area contributed by atoms with Gasteiger partial charge in [0.05, 0.1) is 7.11 Å². The third kappa shape index (κ3) is 5.13. The van der Waals surface area contributed by atoms with Crippen molar-refractivity contribution in [3.8, 4) is 5.75 Å². The van der Waals surface area contributed by atoms with Gasteiger partial charge in [-0.05, 0) is 36.1 Å². The van der Waals surface area contributed by atoms with E-state index in [0.29, 0.717) is 6.54 Å². The van der Waals surface area contributed by atoms with E-state index in [4.69, 9.17) is 4.74 Å². The van der Waals surface area contributed by atoms with Gasteiger partial charge in [0.15, 0.2) is 0 Å². The lowest BCUT2D eigenvalue weighted by Crippen LogP contribution is -2.39. The number of hydrogen-bond acceptors (Lipinski definition) is 2. The van der Waals surface area contributed by atoms with Gasteiger partial charge in [0, 0.05) is 12.0 Å². The average Bonchev–Trinajstić information content (AvgIpc) is 2.56. The molecule has 23 heavy (non-hydrogen) atoms. The van der Waals surface area contributed by atoms with Crippen molar-refractivity contribution in [3.63, 3.8) is 0 Å². The first-order valence-corrected chi connectivity index (χ1v) is 7.96. The smallest absolute Gasteiger partial charge is 0.226 e. The summed E-state index contributed by atoms with van der Waals surface area (Å²) < 4.78 is 5.14. The van der Waals surface area contributed by atoms with E-state index in [0.717, 1.165) is 18.6 Å². The van der Waals surface area contributed by atoms with Crippen LogP contribution in [0.5, 0.6) is 5.75 Å². The molecule has 0 aliphatic rings. The maximum Gasteiger partial charge on any atom is 0.226 e. The van der Waals surface area contributed by atoms with Gasteiger partial charge in [-0.15, -0.1) is 0 Å². The molecule has 3 heteroatoms. The van der Waals surface area contributed by atoms with Gasteiger partial charge < -0.3 is 10.1 Å². The number of methoxy groups -OCH3 is 1. The van der Waals surface area contributed by atoms with Crippen LogP contribution in [0.3, 0.4) is 0 Å². The van der Waals surface area contributed by atoms with Crippen LogP contribution in [0.25, 0.3) is 0 Å². The molecule has 0 bridgehead atoms. The summed E-state index contributed by atoms with van der Waals surface area (Å²) in [5.41, 5.74) is 1.95. The topological polar surface area (TPSA) is 38.3 Å². The van der Waals surface area contributed by atoms with Gasteiger partial charge in [0.1, 0.15) is 5.75 Å². The van der Waals surface area contributed by atoms with Crippen LogP contribution in [-0.4, -0.2) is 19.6 Å². The molecule has 0 radical (unpaired) electrons. The van der Waals surface area contributed by atoms with Crippen molar-refractivity contribution in [1.82, 2.24) is 5.32 Å². The largest absolute Gasteiger partial charge is 0.497 e. The number of nitrogens with one attached hydrogen (secondary N) is 1. The minimum Gasteiger partial charge on any atom is -0.497 e. The molecule has 2 rings (SSSR count). The normalized spacial score (nSPS) is 11.1. The molecule has 1 N–H and O–H groups in total. The van der Waals surface area contributed by atoms with E-state index in [1.165, 1.54) is 11.1 Å². The molecule has 0 fully saturated rings. The number of carbonyl (C=O) groups is 1. The lowest BCUT2D eigenvalue weighted by atomic mass is 9.85. The van der Waals surface area contributed by atoms with Crippen LogP contribution < -0.4 is 10.1 Å². The number of rotatable bonds is 7. The summed E-state index contributed by atoms with van der Waals surface area (Å²) in [4.78, 5) is 12.4. The van der Waals surface area contributed by atoms with Gasteiger partial charge in [-0.25, -0.2) is 0 Å². The highest BCUT2D eigenvalue weighted by atomic mass is 16.5. The third-order valence-corrected chi connectivity index (χ3v) is 3.96. The minimum absolute atomic E-state index is 0.0925. The van der Waals surface area contributed by atoms with Crippen LogP contribution in [0.1, 0.15) is 25.0 Å². The Morgan fingerprint density at radius 2 is 1.65 bits per heavy atom. The predicted molar refractivity (Wildman–Crippen MR) is 93.6 cm³/mol. The molecular weight excluding hydrogens is 286 g/mol. The van der Waals surface area contributed by atoms with Crippen LogP contribution in [0, 0.1) is 5.41 Å². The SMILES string of the molecule is COc1ccc(CCNC(=O)C(C)(C)Cc2ccccc2)cc1. The fourth-order valence-corrected chi connectivity index (χ4v) is 2.54. The summed E-state index contributed by atoms with van der Waals surface area (Å²) in [5, 5.41) is 3.05. The van der Waals surface area contributed by atoms with E-state index in [9.17, 15) is 4.79 Å². The van der Waals surface area contributed by atoms with Gasteiger partial charge in [-0.2, -0.15) is 0 Å². The molecule has 0 aliphatic heterocycles. The van der Waals surface area contributed by atoms with Gasteiger partial charge in [-0.1, -0.05) is 56.3 Å². The summed E-state index contributed by atoms with van der Waals surface area (Å²) in [6.07, 6.45) is 1.55. The Morgan fingerprint density at radius 1 is 1.00 bits per heavy atom. The fraction of sp³-hybridized carbons (Fsp3) is 0.350. The Bertz CT molecular complexity index is 618. The zero-order chi connectivity index (χ0) is 16.7. The highest BCUT2D eigenvalue weighted by Gasteiger charge is 2.27. The molecule has 0 heterocycles. The van der Waals surface area contributed by atoms with Crippen LogP contribution >= 0.6 is 0 Å². The van der Waals surface area contributed by atoms with Crippen molar-refractivity contribution in [3.05, 3.63) is 65.7 Å². The van der Waals surface area contributed by atoms with Crippen molar-refractivity contribution in [2.45, 2.75) is 26.7 Å². The molecule has 0 aliphatic carbocycles. The van der Waals surface area contributed by atoms with Crippen molar-refractivity contribution < 1.29 is 9.53 Å². The van der Waals surface area contributed by atoms with Crippen molar-refractivity contribution in [1.29, 1.82) is 0 Å². The Morgan fingerprint density at radius 3 is 2.26 bits per heavy atom. The monoisotopic (exact) mass is 311 g/mol. The summed E-state index contributed by atoms with van der Waals surface area (Å²) in [6, 6.07) is 18.1. The van der Waals surface area contributed by atoms with Crippen LogP contribution in [0.15, 0.2) is 54.6 Å². The van der Waals surface area contributed by atoms with E-state index >= 15 is 0 Å².